The molecule has 0 fully saturated rings. The van der Waals surface area contributed by atoms with Gasteiger partial charge in [0.05, 0.1) is 5.56 Å². The van der Waals surface area contributed by atoms with Crippen LogP contribution in [0, 0.1) is 0 Å². The molecule has 0 spiro atoms. The first-order valence-corrected chi connectivity index (χ1v) is 7.00. The van der Waals surface area contributed by atoms with E-state index in [1.807, 2.05) is 6.92 Å². The molecule has 0 aliphatic rings. The monoisotopic (exact) mass is 334 g/mol. The van der Waals surface area contributed by atoms with Crippen LogP contribution in [0.15, 0.2) is 41.3 Å². The van der Waals surface area contributed by atoms with E-state index in [4.69, 9.17) is 0 Å². The van der Waals surface area contributed by atoms with Crippen LogP contribution in [-0.4, -0.2) is 29.5 Å². The Kier molecular flexibility index (Phi) is 4.68. The Labute approximate surface area is 126 Å². The maximum atomic E-state index is 12.6. The first kappa shape index (κ1) is 14.5. The van der Waals surface area contributed by atoms with Gasteiger partial charge in [0, 0.05) is 42.3 Å². The van der Waals surface area contributed by atoms with Gasteiger partial charge in [-0.25, -0.2) is 4.98 Å². The zero-order valence-electron chi connectivity index (χ0n) is 11.3. The van der Waals surface area contributed by atoms with E-state index in [1.165, 1.54) is 0 Å². The number of halogens is 1. The molecule has 2 aromatic heterocycles. The lowest BCUT2D eigenvalue weighted by molar-refractivity contribution is 0.0993. The predicted molar refractivity (Wildman–Crippen MR) is 83.1 cm³/mol. The predicted octanol–water partition coefficient (Wildman–Crippen LogP) is 2.95. The number of carbonyl (C=O) groups is 1. The summed E-state index contributed by atoms with van der Waals surface area (Å²) in [5, 5.41) is 3.10. The zero-order valence-corrected chi connectivity index (χ0v) is 12.9. The number of anilines is 2. The minimum Gasteiger partial charge on any atom is -0.370 e. The summed E-state index contributed by atoms with van der Waals surface area (Å²) < 4.78 is 0.769. The van der Waals surface area contributed by atoms with Crippen molar-refractivity contribution in [1.82, 2.24) is 9.97 Å². The Morgan fingerprint density at radius 2 is 2.10 bits per heavy atom. The minimum absolute atomic E-state index is 0.124. The van der Waals surface area contributed by atoms with Crippen LogP contribution in [0.25, 0.3) is 0 Å². The molecule has 0 aliphatic heterocycles. The van der Waals surface area contributed by atoms with Crippen LogP contribution in [0.1, 0.15) is 17.3 Å². The van der Waals surface area contributed by atoms with Gasteiger partial charge in [-0.1, -0.05) is 0 Å². The number of aromatic nitrogens is 2. The fourth-order valence-corrected chi connectivity index (χ4v) is 2.11. The molecule has 1 amide bonds. The number of hydrogen-bond acceptors (Lipinski definition) is 4. The first-order chi connectivity index (χ1) is 9.63. The standard InChI is InChI=1S/C14H15BrN4O/c1-3-17-13-12(8-10(15)9-18-13)14(20)19(2)11-4-6-16-7-5-11/h4-9H,3H2,1-2H3,(H,17,18). The summed E-state index contributed by atoms with van der Waals surface area (Å²) in [5.41, 5.74) is 1.31. The fraction of sp³-hybridized carbons (Fsp3) is 0.214. The molecular weight excluding hydrogens is 320 g/mol. The van der Waals surface area contributed by atoms with Gasteiger partial charge in [-0.3, -0.25) is 9.78 Å². The zero-order chi connectivity index (χ0) is 14.5. The Hall–Kier alpha value is -1.95. The lowest BCUT2D eigenvalue weighted by Crippen LogP contribution is -2.27. The lowest BCUT2D eigenvalue weighted by atomic mass is 10.2. The second kappa shape index (κ2) is 6.47. The third-order valence-electron chi connectivity index (χ3n) is 2.78. The van der Waals surface area contributed by atoms with E-state index >= 15 is 0 Å². The van der Waals surface area contributed by atoms with E-state index in [-0.39, 0.29) is 5.91 Å². The van der Waals surface area contributed by atoms with Gasteiger partial charge >= 0.3 is 0 Å². The van der Waals surface area contributed by atoms with Crippen LogP contribution in [-0.2, 0) is 0 Å². The molecule has 0 unspecified atom stereocenters. The van der Waals surface area contributed by atoms with Crippen molar-refractivity contribution < 1.29 is 4.79 Å². The highest BCUT2D eigenvalue weighted by Crippen LogP contribution is 2.22. The average Bonchev–Trinajstić information content (AvgIpc) is 2.48. The van der Waals surface area contributed by atoms with E-state index in [2.05, 4.69) is 31.2 Å². The van der Waals surface area contributed by atoms with Crippen LogP contribution >= 0.6 is 15.9 Å². The summed E-state index contributed by atoms with van der Waals surface area (Å²) in [4.78, 5) is 22.4. The van der Waals surface area contributed by atoms with E-state index in [0.29, 0.717) is 17.9 Å². The molecule has 0 radical (unpaired) electrons. The van der Waals surface area contributed by atoms with E-state index < -0.39 is 0 Å². The summed E-state index contributed by atoms with van der Waals surface area (Å²) in [6, 6.07) is 5.34. The van der Waals surface area contributed by atoms with Gasteiger partial charge in [0.2, 0.25) is 0 Å². The maximum Gasteiger partial charge on any atom is 0.261 e. The number of carbonyl (C=O) groups excluding carboxylic acids is 1. The molecule has 0 saturated carbocycles. The van der Waals surface area contributed by atoms with Crippen molar-refractivity contribution in [2.24, 2.45) is 0 Å². The molecule has 0 atom stereocenters. The van der Waals surface area contributed by atoms with Crippen molar-refractivity contribution in [3.8, 4) is 0 Å². The summed E-state index contributed by atoms with van der Waals surface area (Å²) >= 11 is 3.35. The number of nitrogens with one attached hydrogen (secondary N) is 1. The molecule has 2 heterocycles. The summed E-state index contributed by atoms with van der Waals surface area (Å²) in [6.07, 6.45) is 4.98. The maximum absolute atomic E-state index is 12.6. The lowest BCUT2D eigenvalue weighted by Gasteiger charge is -2.19. The van der Waals surface area contributed by atoms with Crippen molar-refractivity contribution >= 4 is 33.3 Å². The van der Waals surface area contributed by atoms with Crippen LogP contribution in [0.2, 0.25) is 0 Å². The molecule has 2 aromatic rings. The van der Waals surface area contributed by atoms with Gasteiger partial charge in [-0.05, 0) is 41.1 Å². The smallest absolute Gasteiger partial charge is 0.261 e. The van der Waals surface area contributed by atoms with Crippen molar-refractivity contribution in [2.75, 3.05) is 23.8 Å². The summed E-state index contributed by atoms with van der Waals surface area (Å²) in [7, 11) is 1.73. The van der Waals surface area contributed by atoms with Crippen LogP contribution in [0.3, 0.4) is 0 Å². The van der Waals surface area contributed by atoms with Crippen LogP contribution in [0.5, 0.6) is 0 Å². The molecule has 0 saturated heterocycles. The van der Waals surface area contributed by atoms with Gasteiger partial charge in [-0.2, -0.15) is 0 Å². The minimum atomic E-state index is -0.124. The van der Waals surface area contributed by atoms with E-state index in [0.717, 1.165) is 10.2 Å². The van der Waals surface area contributed by atoms with Crippen molar-refractivity contribution in [1.29, 1.82) is 0 Å². The van der Waals surface area contributed by atoms with Gasteiger partial charge in [0.15, 0.2) is 0 Å². The van der Waals surface area contributed by atoms with Crippen LogP contribution in [0.4, 0.5) is 11.5 Å². The number of nitrogens with zero attached hydrogens (tertiary/aromatic N) is 3. The topological polar surface area (TPSA) is 58.1 Å². The Morgan fingerprint density at radius 3 is 2.75 bits per heavy atom. The van der Waals surface area contributed by atoms with Crippen molar-refractivity contribution in [3.05, 3.63) is 46.8 Å². The summed E-state index contributed by atoms with van der Waals surface area (Å²) in [5.74, 6) is 0.461. The normalized spacial score (nSPS) is 10.2. The Bertz CT molecular complexity index is 603. The fourth-order valence-electron chi connectivity index (χ4n) is 1.78. The highest BCUT2D eigenvalue weighted by atomic mass is 79.9. The molecule has 2 rings (SSSR count). The van der Waals surface area contributed by atoms with E-state index in [9.17, 15) is 4.79 Å². The largest absolute Gasteiger partial charge is 0.370 e. The Morgan fingerprint density at radius 1 is 1.40 bits per heavy atom. The number of pyridine rings is 2. The van der Waals surface area contributed by atoms with Gasteiger partial charge in [0.1, 0.15) is 5.82 Å². The first-order valence-electron chi connectivity index (χ1n) is 6.21. The third-order valence-corrected chi connectivity index (χ3v) is 3.22. The molecule has 104 valence electrons. The molecule has 0 aliphatic carbocycles. The van der Waals surface area contributed by atoms with Crippen molar-refractivity contribution in [2.45, 2.75) is 6.92 Å². The van der Waals surface area contributed by atoms with Crippen LogP contribution < -0.4 is 10.2 Å². The van der Waals surface area contributed by atoms with Crippen molar-refractivity contribution in [3.63, 3.8) is 0 Å². The molecular formula is C14H15BrN4O. The molecule has 1 N–H and O–H groups in total. The third kappa shape index (κ3) is 3.14. The Balaban J connectivity index is 2.35. The second-order valence-electron chi connectivity index (χ2n) is 4.15. The molecule has 6 heteroatoms. The molecule has 5 nitrogen and oxygen atoms in total. The van der Waals surface area contributed by atoms with Gasteiger partial charge in [-0.15, -0.1) is 0 Å². The van der Waals surface area contributed by atoms with Gasteiger partial charge in [0.25, 0.3) is 5.91 Å². The molecule has 0 aromatic carbocycles. The highest BCUT2D eigenvalue weighted by molar-refractivity contribution is 9.10. The summed E-state index contributed by atoms with van der Waals surface area (Å²) in [6.45, 7) is 2.67. The molecule has 0 bridgehead atoms. The highest BCUT2D eigenvalue weighted by Gasteiger charge is 2.18. The number of amides is 1. The number of hydrogen-bond donors (Lipinski definition) is 1. The quantitative estimate of drug-likeness (QED) is 0.933. The SMILES string of the molecule is CCNc1ncc(Br)cc1C(=O)N(C)c1ccncc1. The van der Waals surface area contributed by atoms with E-state index in [1.54, 1.807) is 48.7 Å². The molecule has 20 heavy (non-hydrogen) atoms. The van der Waals surface area contributed by atoms with Gasteiger partial charge < -0.3 is 10.2 Å². The second-order valence-corrected chi connectivity index (χ2v) is 5.07. The number of rotatable bonds is 4. The average molecular weight is 335 g/mol.